The van der Waals surface area contributed by atoms with Crippen LogP contribution in [-0.2, 0) is 14.6 Å². The van der Waals surface area contributed by atoms with Crippen molar-refractivity contribution in [2.24, 2.45) is 0 Å². The van der Waals surface area contributed by atoms with Gasteiger partial charge in [0.25, 0.3) is 0 Å². The minimum Gasteiger partial charge on any atom is -0.348 e. The van der Waals surface area contributed by atoms with E-state index in [1.54, 1.807) is 12.5 Å². The van der Waals surface area contributed by atoms with Gasteiger partial charge in [-0.3, -0.25) is 4.79 Å². The van der Waals surface area contributed by atoms with Crippen LogP contribution in [-0.4, -0.2) is 35.4 Å². The second-order valence-corrected chi connectivity index (χ2v) is 7.63. The molecule has 0 unspecified atom stereocenters. The number of nitrogens with one attached hydrogen (secondary N) is 1. The van der Waals surface area contributed by atoms with Crippen LogP contribution in [0.2, 0.25) is 0 Å². The molecule has 22 heavy (non-hydrogen) atoms. The van der Waals surface area contributed by atoms with Crippen molar-refractivity contribution in [1.82, 2.24) is 14.9 Å². The van der Waals surface area contributed by atoms with Gasteiger partial charge >= 0.3 is 0 Å². The fraction of sp³-hybridized carbons (Fsp3) is 0.333. The standard InChI is InChI=1S/C15H19N3O3S/c1-11(17-15(19)12(2)22(3,20)21)13-4-6-14(7-5-13)18-9-8-16-10-18/h4-12H,1-3H3,(H,17,19)/t11-,12+/m0/s1. The van der Waals surface area contributed by atoms with E-state index in [-0.39, 0.29) is 6.04 Å². The van der Waals surface area contributed by atoms with Crippen molar-refractivity contribution in [1.29, 1.82) is 0 Å². The van der Waals surface area contributed by atoms with E-state index in [1.807, 2.05) is 42.0 Å². The van der Waals surface area contributed by atoms with Crippen LogP contribution in [0.4, 0.5) is 0 Å². The summed E-state index contributed by atoms with van der Waals surface area (Å²) in [6.45, 7) is 3.21. The Morgan fingerprint density at radius 3 is 2.36 bits per heavy atom. The highest BCUT2D eigenvalue weighted by atomic mass is 32.2. The first-order chi connectivity index (χ1) is 10.3. The number of carbonyl (C=O) groups excluding carboxylic acids is 1. The van der Waals surface area contributed by atoms with Gasteiger partial charge in [0.15, 0.2) is 9.84 Å². The zero-order valence-corrected chi connectivity index (χ0v) is 13.5. The highest BCUT2D eigenvalue weighted by Crippen LogP contribution is 2.16. The van der Waals surface area contributed by atoms with Crippen molar-refractivity contribution in [3.63, 3.8) is 0 Å². The number of imidazole rings is 1. The molecule has 0 aliphatic heterocycles. The lowest BCUT2D eigenvalue weighted by Gasteiger charge is -2.17. The van der Waals surface area contributed by atoms with Gasteiger partial charge in [0.2, 0.25) is 5.91 Å². The molecule has 2 rings (SSSR count). The zero-order chi connectivity index (χ0) is 16.3. The molecule has 6 nitrogen and oxygen atoms in total. The van der Waals surface area contributed by atoms with Gasteiger partial charge in [-0.2, -0.15) is 0 Å². The third-order valence-corrected chi connectivity index (χ3v) is 5.06. The molecule has 1 aromatic heterocycles. The Morgan fingerprint density at radius 1 is 1.23 bits per heavy atom. The minimum absolute atomic E-state index is 0.270. The number of carbonyl (C=O) groups is 1. The number of hydrogen-bond donors (Lipinski definition) is 1. The molecule has 118 valence electrons. The van der Waals surface area contributed by atoms with Gasteiger partial charge < -0.3 is 9.88 Å². The third kappa shape index (κ3) is 3.73. The van der Waals surface area contributed by atoms with Gasteiger partial charge in [0.1, 0.15) is 5.25 Å². The summed E-state index contributed by atoms with van der Waals surface area (Å²) in [6.07, 6.45) is 6.30. The van der Waals surface area contributed by atoms with Crippen LogP contribution in [0.25, 0.3) is 5.69 Å². The Hall–Kier alpha value is -2.15. The summed E-state index contributed by atoms with van der Waals surface area (Å²) >= 11 is 0. The number of hydrogen-bond acceptors (Lipinski definition) is 4. The van der Waals surface area contributed by atoms with Crippen LogP contribution in [0.15, 0.2) is 43.0 Å². The van der Waals surface area contributed by atoms with Crippen molar-refractivity contribution in [3.8, 4) is 5.69 Å². The highest BCUT2D eigenvalue weighted by molar-refractivity contribution is 7.92. The predicted molar refractivity (Wildman–Crippen MR) is 84.4 cm³/mol. The lowest BCUT2D eigenvalue weighted by atomic mass is 10.1. The van der Waals surface area contributed by atoms with Crippen molar-refractivity contribution < 1.29 is 13.2 Å². The highest BCUT2D eigenvalue weighted by Gasteiger charge is 2.24. The fourth-order valence-corrected chi connectivity index (χ4v) is 2.41. The van der Waals surface area contributed by atoms with Crippen LogP contribution in [0.1, 0.15) is 25.5 Å². The Kier molecular flexibility index (Phi) is 4.65. The molecule has 0 saturated carbocycles. The summed E-state index contributed by atoms with van der Waals surface area (Å²) in [5.41, 5.74) is 1.86. The number of aromatic nitrogens is 2. The van der Waals surface area contributed by atoms with E-state index in [2.05, 4.69) is 10.3 Å². The average molecular weight is 321 g/mol. The predicted octanol–water partition coefficient (Wildman–Crippen LogP) is 1.48. The van der Waals surface area contributed by atoms with Gasteiger partial charge in [0, 0.05) is 24.3 Å². The van der Waals surface area contributed by atoms with E-state index in [4.69, 9.17) is 0 Å². The Morgan fingerprint density at radius 2 is 1.86 bits per heavy atom. The smallest absolute Gasteiger partial charge is 0.238 e. The lowest BCUT2D eigenvalue weighted by molar-refractivity contribution is -0.121. The number of rotatable bonds is 5. The van der Waals surface area contributed by atoms with Crippen LogP contribution in [0.5, 0.6) is 0 Å². The largest absolute Gasteiger partial charge is 0.348 e. The number of amides is 1. The van der Waals surface area contributed by atoms with Gasteiger partial charge in [-0.05, 0) is 31.5 Å². The molecule has 1 heterocycles. The van der Waals surface area contributed by atoms with Crippen LogP contribution >= 0.6 is 0 Å². The third-order valence-electron chi connectivity index (χ3n) is 3.57. The summed E-state index contributed by atoms with van der Waals surface area (Å²) in [7, 11) is -3.39. The molecular weight excluding hydrogens is 302 g/mol. The van der Waals surface area contributed by atoms with Gasteiger partial charge in [-0.1, -0.05) is 12.1 Å². The van der Waals surface area contributed by atoms with Crippen LogP contribution in [0, 0.1) is 0 Å². The van der Waals surface area contributed by atoms with Gasteiger partial charge in [-0.25, -0.2) is 13.4 Å². The van der Waals surface area contributed by atoms with Gasteiger partial charge in [-0.15, -0.1) is 0 Å². The van der Waals surface area contributed by atoms with E-state index >= 15 is 0 Å². The van der Waals surface area contributed by atoms with E-state index < -0.39 is 21.0 Å². The molecule has 0 radical (unpaired) electrons. The maximum atomic E-state index is 11.9. The summed E-state index contributed by atoms with van der Waals surface area (Å²) in [4.78, 5) is 15.9. The molecule has 7 heteroatoms. The number of sulfone groups is 1. The second-order valence-electron chi connectivity index (χ2n) is 5.26. The fourth-order valence-electron chi connectivity index (χ4n) is 1.96. The summed E-state index contributed by atoms with van der Waals surface area (Å²) in [6, 6.07) is 7.35. The first kappa shape index (κ1) is 16.2. The summed E-state index contributed by atoms with van der Waals surface area (Å²) < 4.78 is 24.7. The summed E-state index contributed by atoms with van der Waals surface area (Å²) in [5, 5.41) is 1.66. The molecule has 0 aliphatic carbocycles. The molecule has 1 amide bonds. The normalized spacial score (nSPS) is 14.3. The molecule has 1 aromatic carbocycles. The molecule has 0 fully saturated rings. The SMILES string of the molecule is C[C@H](NC(=O)[C@@H](C)S(C)(=O)=O)c1ccc(-n2ccnc2)cc1. The molecule has 0 aliphatic rings. The van der Waals surface area contributed by atoms with E-state index in [9.17, 15) is 13.2 Å². The Bertz CT molecular complexity index is 737. The maximum Gasteiger partial charge on any atom is 0.238 e. The van der Waals surface area contributed by atoms with E-state index in [1.165, 1.54) is 6.92 Å². The monoisotopic (exact) mass is 321 g/mol. The molecule has 1 N–H and O–H groups in total. The number of benzene rings is 1. The molecule has 2 atom stereocenters. The molecule has 0 bridgehead atoms. The van der Waals surface area contributed by atoms with Crippen LogP contribution in [0.3, 0.4) is 0 Å². The second kappa shape index (κ2) is 6.31. The Balaban J connectivity index is 2.07. The van der Waals surface area contributed by atoms with Gasteiger partial charge in [0.05, 0.1) is 12.4 Å². The zero-order valence-electron chi connectivity index (χ0n) is 12.7. The van der Waals surface area contributed by atoms with E-state index in [0.29, 0.717) is 0 Å². The number of nitrogens with zero attached hydrogens (tertiary/aromatic N) is 2. The molecule has 0 spiro atoms. The van der Waals surface area contributed by atoms with Crippen molar-refractivity contribution in [2.75, 3.05) is 6.26 Å². The first-order valence-electron chi connectivity index (χ1n) is 6.86. The average Bonchev–Trinajstić information content (AvgIpc) is 2.99. The quantitative estimate of drug-likeness (QED) is 0.904. The van der Waals surface area contributed by atoms with Crippen LogP contribution < -0.4 is 5.32 Å². The maximum absolute atomic E-state index is 11.9. The lowest BCUT2D eigenvalue weighted by Crippen LogP contribution is -2.38. The van der Waals surface area contributed by atoms with Crippen molar-refractivity contribution >= 4 is 15.7 Å². The first-order valence-corrected chi connectivity index (χ1v) is 8.82. The summed E-state index contributed by atoms with van der Waals surface area (Å²) in [5.74, 6) is -0.492. The molecule has 0 saturated heterocycles. The molecule has 2 aromatic rings. The Labute approximate surface area is 130 Å². The van der Waals surface area contributed by atoms with Crippen molar-refractivity contribution in [3.05, 3.63) is 48.5 Å². The molecular formula is C15H19N3O3S. The topological polar surface area (TPSA) is 81.1 Å². The van der Waals surface area contributed by atoms with Crippen molar-refractivity contribution in [2.45, 2.75) is 25.1 Å². The minimum atomic E-state index is -3.39. The van der Waals surface area contributed by atoms with E-state index in [0.717, 1.165) is 17.5 Å².